The summed E-state index contributed by atoms with van der Waals surface area (Å²) in [7, 11) is -1.23. The number of rotatable bonds is 7. The predicted octanol–water partition coefficient (Wildman–Crippen LogP) is 0.273. The molecule has 1 aromatic rings. The number of aliphatic carboxylic acids is 1. The molecule has 0 aliphatic carbocycles. The van der Waals surface area contributed by atoms with Gasteiger partial charge in [-0.25, -0.2) is 17.5 Å². The quantitative estimate of drug-likeness (QED) is 0.539. The zero-order chi connectivity index (χ0) is 16.2. The van der Waals surface area contributed by atoms with Crippen LogP contribution in [0.1, 0.15) is 0 Å². The van der Waals surface area contributed by atoms with Gasteiger partial charge in [-0.3, -0.25) is 20.4 Å². The van der Waals surface area contributed by atoms with Gasteiger partial charge < -0.3 is 5.11 Å². The molecule has 21 heavy (non-hydrogen) atoms. The number of hydrogen-bond acceptors (Lipinski definition) is 7. The molecule has 116 valence electrons. The van der Waals surface area contributed by atoms with Crippen LogP contribution in [0.3, 0.4) is 0 Å². The summed E-state index contributed by atoms with van der Waals surface area (Å²) < 4.78 is 24.7. The third kappa shape index (κ3) is 4.11. The summed E-state index contributed by atoms with van der Waals surface area (Å²) in [5, 5.41) is 19.4. The molecule has 0 spiro atoms. The minimum Gasteiger partial charge on any atom is -0.479 e. The number of carboxylic acid groups (broad SMARTS) is 1. The average Bonchev–Trinajstić information content (AvgIpc) is 2.37. The number of sulfonamides is 1. The Morgan fingerprint density at radius 1 is 1.48 bits per heavy atom. The van der Waals surface area contributed by atoms with E-state index in [1.807, 2.05) is 0 Å². The van der Waals surface area contributed by atoms with Crippen LogP contribution in [-0.4, -0.2) is 49.4 Å². The lowest BCUT2D eigenvalue weighted by molar-refractivity contribution is -0.384. The lowest BCUT2D eigenvalue weighted by atomic mass is 10.3. The third-order valence-corrected chi connectivity index (χ3v) is 4.13. The maximum atomic E-state index is 11.9. The molecule has 0 radical (unpaired) electrons. The van der Waals surface area contributed by atoms with Crippen molar-refractivity contribution in [3.63, 3.8) is 0 Å². The molecule has 0 heterocycles. The summed E-state index contributed by atoms with van der Waals surface area (Å²) in [6.45, 7) is -0.713. The Balaban J connectivity index is 3.14. The highest BCUT2D eigenvalue weighted by molar-refractivity contribution is 7.89. The van der Waals surface area contributed by atoms with Crippen molar-refractivity contribution >= 4 is 27.4 Å². The van der Waals surface area contributed by atoms with Crippen molar-refractivity contribution in [1.82, 2.24) is 4.31 Å². The number of nitro benzene ring substituents is 1. The second kappa shape index (κ2) is 6.47. The van der Waals surface area contributed by atoms with Gasteiger partial charge in [0.2, 0.25) is 10.0 Å². The van der Waals surface area contributed by atoms with Crippen molar-refractivity contribution in [3.05, 3.63) is 28.3 Å². The highest BCUT2D eigenvalue weighted by atomic mass is 32.2. The monoisotopic (exact) mass is 319 g/mol. The number of hydrogen-bond donors (Lipinski definition) is 2. The van der Waals surface area contributed by atoms with Crippen molar-refractivity contribution in [3.8, 4) is 0 Å². The van der Waals surface area contributed by atoms with Gasteiger partial charge in [0.1, 0.15) is 5.69 Å². The van der Waals surface area contributed by atoms with Gasteiger partial charge in [0, 0.05) is 20.2 Å². The zero-order valence-corrected chi connectivity index (χ0v) is 12.0. The largest absolute Gasteiger partial charge is 0.479 e. The topological polar surface area (TPSA) is 139 Å². The molecule has 0 bridgehead atoms. The minimum absolute atomic E-state index is 0.154. The van der Waals surface area contributed by atoms with Crippen LogP contribution in [0, 0.1) is 10.1 Å². The SMILES string of the molecule is CN(C)S(=O)(=O)c1ccc(NOCC(=O)O)c([N+](=O)[O-])c1. The van der Waals surface area contributed by atoms with E-state index in [1.54, 1.807) is 0 Å². The fraction of sp³-hybridized carbons (Fsp3) is 0.300. The summed E-state index contributed by atoms with van der Waals surface area (Å²) in [6.07, 6.45) is 0. The normalized spacial score (nSPS) is 11.4. The molecule has 0 unspecified atom stereocenters. The molecule has 0 aromatic heterocycles. The molecule has 2 N–H and O–H groups in total. The first-order valence-electron chi connectivity index (χ1n) is 5.47. The maximum absolute atomic E-state index is 11.9. The van der Waals surface area contributed by atoms with Crippen molar-refractivity contribution < 1.29 is 28.1 Å². The molecule has 0 fully saturated rings. The molecule has 0 saturated heterocycles. The Bertz CT molecular complexity index is 657. The molecule has 0 atom stereocenters. The first-order valence-corrected chi connectivity index (χ1v) is 6.91. The van der Waals surface area contributed by atoms with Crippen LogP contribution in [0.15, 0.2) is 23.1 Å². The average molecular weight is 319 g/mol. The first-order chi connectivity index (χ1) is 9.66. The predicted molar refractivity (Wildman–Crippen MR) is 71.2 cm³/mol. The van der Waals surface area contributed by atoms with E-state index in [9.17, 15) is 23.3 Å². The summed E-state index contributed by atoms with van der Waals surface area (Å²) in [5.74, 6) is -1.27. The highest BCUT2D eigenvalue weighted by Crippen LogP contribution is 2.28. The van der Waals surface area contributed by atoms with Crippen LogP contribution < -0.4 is 5.48 Å². The van der Waals surface area contributed by atoms with Gasteiger partial charge in [-0.2, -0.15) is 0 Å². The van der Waals surface area contributed by atoms with Crippen molar-refractivity contribution in [2.45, 2.75) is 4.90 Å². The Kier molecular flexibility index (Phi) is 5.18. The van der Waals surface area contributed by atoms with Gasteiger partial charge in [0.15, 0.2) is 6.61 Å². The second-order valence-corrected chi connectivity index (χ2v) is 6.16. The van der Waals surface area contributed by atoms with E-state index in [1.165, 1.54) is 14.1 Å². The van der Waals surface area contributed by atoms with Gasteiger partial charge in [-0.15, -0.1) is 0 Å². The summed E-state index contributed by atoms with van der Waals surface area (Å²) in [5.41, 5.74) is 1.40. The Labute approximate surface area is 120 Å². The van der Waals surface area contributed by atoms with E-state index in [4.69, 9.17) is 5.11 Å². The third-order valence-electron chi connectivity index (χ3n) is 2.32. The molecular weight excluding hydrogens is 306 g/mol. The van der Waals surface area contributed by atoms with Gasteiger partial charge in [-0.1, -0.05) is 0 Å². The van der Waals surface area contributed by atoms with E-state index >= 15 is 0 Å². The number of anilines is 1. The van der Waals surface area contributed by atoms with Crippen LogP contribution in [0.2, 0.25) is 0 Å². The lowest BCUT2D eigenvalue weighted by Gasteiger charge is -2.12. The number of nitrogens with zero attached hydrogens (tertiary/aromatic N) is 2. The lowest BCUT2D eigenvalue weighted by Crippen LogP contribution is -2.22. The molecule has 0 aliphatic heterocycles. The smallest absolute Gasteiger partial charge is 0.332 e. The number of carboxylic acids is 1. The second-order valence-electron chi connectivity index (χ2n) is 4.01. The molecule has 11 heteroatoms. The van der Waals surface area contributed by atoms with Crippen LogP contribution in [0.4, 0.5) is 11.4 Å². The van der Waals surface area contributed by atoms with Gasteiger partial charge >= 0.3 is 5.97 Å². The Hall–Kier alpha value is -2.24. The van der Waals surface area contributed by atoms with Gasteiger partial charge in [0.05, 0.1) is 9.82 Å². The Morgan fingerprint density at radius 3 is 2.57 bits per heavy atom. The number of carbonyl (C=O) groups is 1. The van der Waals surface area contributed by atoms with E-state index < -0.39 is 33.2 Å². The zero-order valence-electron chi connectivity index (χ0n) is 11.1. The van der Waals surface area contributed by atoms with E-state index in [-0.39, 0.29) is 10.6 Å². The summed E-state index contributed by atoms with van der Waals surface area (Å²) in [4.78, 5) is 24.7. The minimum atomic E-state index is -3.82. The van der Waals surface area contributed by atoms with Crippen LogP contribution in [0.5, 0.6) is 0 Å². The van der Waals surface area contributed by atoms with Crippen LogP contribution in [-0.2, 0) is 19.7 Å². The maximum Gasteiger partial charge on any atom is 0.332 e. The molecule has 0 saturated carbocycles. The first kappa shape index (κ1) is 16.8. The number of nitrogens with one attached hydrogen (secondary N) is 1. The summed E-state index contributed by atoms with van der Waals surface area (Å²) in [6, 6.07) is 3.13. The van der Waals surface area contributed by atoms with Gasteiger partial charge in [0.25, 0.3) is 5.69 Å². The Morgan fingerprint density at radius 2 is 2.10 bits per heavy atom. The number of benzene rings is 1. The molecule has 0 aliphatic rings. The molecular formula is C10H13N3O7S. The highest BCUT2D eigenvalue weighted by Gasteiger charge is 2.23. The summed E-state index contributed by atoms with van der Waals surface area (Å²) >= 11 is 0. The number of nitro groups is 1. The van der Waals surface area contributed by atoms with Crippen LogP contribution in [0.25, 0.3) is 0 Å². The van der Waals surface area contributed by atoms with Crippen molar-refractivity contribution in [2.24, 2.45) is 0 Å². The van der Waals surface area contributed by atoms with E-state index in [2.05, 4.69) is 10.3 Å². The molecule has 10 nitrogen and oxygen atoms in total. The van der Waals surface area contributed by atoms with Crippen molar-refractivity contribution in [1.29, 1.82) is 0 Å². The van der Waals surface area contributed by atoms with E-state index in [0.717, 1.165) is 22.5 Å². The fourth-order valence-electron chi connectivity index (χ4n) is 1.30. The van der Waals surface area contributed by atoms with Crippen molar-refractivity contribution in [2.75, 3.05) is 26.2 Å². The fourth-order valence-corrected chi connectivity index (χ4v) is 2.22. The molecule has 1 aromatic carbocycles. The van der Waals surface area contributed by atoms with Gasteiger partial charge in [-0.05, 0) is 12.1 Å². The van der Waals surface area contributed by atoms with Crippen LogP contribution >= 0.6 is 0 Å². The van der Waals surface area contributed by atoms with E-state index in [0.29, 0.717) is 0 Å². The molecule has 0 amide bonds. The molecule has 1 rings (SSSR count). The standard InChI is InChI=1S/C10H13N3O7S/c1-12(2)21(18,19)7-3-4-8(9(5-7)13(16)17)11-20-6-10(14)15/h3-5,11H,6H2,1-2H3,(H,14,15).